The van der Waals surface area contributed by atoms with E-state index < -0.39 is 0 Å². The first-order chi connectivity index (χ1) is 11.0. The van der Waals surface area contributed by atoms with Crippen LogP contribution in [0.1, 0.15) is 24.1 Å². The summed E-state index contributed by atoms with van der Waals surface area (Å²) in [6, 6.07) is 10.7. The van der Waals surface area contributed by atoms with Crippen LogP contribution < -0.4 is 16.8 Å². The number of nitrogen functional groups attached to an aromatic ring is 1. The summed E-state index contributed by atoms with van der Waals surface area (Å²) >= 11 is 6.39. The Morgan fingerprint density at radius 3 is 2.70 bits per heavy atom. The van der Waals surface area contributed by atoms with Crippen LogP contribution in [0.3, 0.4) is 0 Å². The molecule has 0 aliphatic rings. The molecule has 0 saturated carbocycles. The molecule has 5 N–H and O–H groups in total. The van der Waals surface area contributed by atoms with Gasteiger partial charge >= 0.3 is 0 Å². The average Bonchev–Trinajstić information content (AvgIpc) is 2.93. The van der Waals surface area contributed by atoms with E-state index in [0.717, 1.165) is 22.2 Å². The number of thiazole rings is 1. The van der Waals surface area contributed by atoms with Crippen molar-refractivity contribution in [3.8, 4) is 11.3 Å². The molecule has 0 radical (unpaired) electrons. The van der Waals surface area contributed by atoms with Crippen molar-refractivity contribution < 1.29 is 0 Å². The molecule has 0 fully saturated rings. The van der Waals surface area contributed by atoms with Crippen LogP contribution in [-0.4, -0.2) is 10.1 Å². The fraction of sp³-hybridized carbons (Fsp3) is 0.176. The Morgan fingerprint density at radius 2 is 2.04 bits per heavy atom. The average molecular weight is 342 g/mol. The van der Waals surface area contributed by atoms with Crippen molar-refractivity contribution in [1.82, 2.24) is 10.3 Å². The highest BCUT2D eigenvalue weighted by Crippen LogP contribution is 2.33. The van der Waals surface area contributed by atoms with Crippen LogP contribution in [0, 0.1) is 6.92 Å². The smallest absolute Gasteiger partial charge is 0.180 e. The van der Waals surface area contributed by atoms with Gasteiger partial charge in [0.1, 0.15) is 0 Å². The molecule has 0 amide bonds. The SMILES string of the molecule is Cc1ccc(-c2csc(N)n2)c2cc(C(C)NC(N)=S)ccc12. The third-order valence-corrected chi connectivity index (χ3v) is 4.71. The van der Waals surface area contributed by atoms with Gasteiger partial charge in [0.15, 0.2) is 10.2 Å². The van der Waals surface area contributed by atoms with Gasteiger partial charge in [0.2, 0.25) is 0 Å². The van der Waals surface area contributed by atoms with E-state index >= 15 is 0 Å². The Labute approximate surface area is 144 Å². The van der Waals surface area contributed by atoms with Gasteiger partial charge in [-0.2, -0.15) is 0 Å². The summed E-state index contributed by atoms with van der Waals surface area (Å²) in [4.78, 5) is 4.42. The van der Waals surface area contributed by atoms with Crippen molar-refractivity contribution in [2.75, 3.05) is 5.73 Å². The van der Waals surface area contributed by atoms with Crippen LogP contribution in [0.5, 0.6) is 0 Å². The molecule has 1 heterocycles. The standard InChI is InChI=1S/C17H18N4S2/c1-9-3-5-13(15-8-23-17(19)21-15)14-7-11(4-6-12(9)14)10(2)20-16(18)22/h3-8,10H,1-2H3,(H2,19,21)(H3,18,20,22). The predicted octanol–water partition coefficient (Wildman–Crippen LogP) is 3.75. The minimum atomic E-state index is 0.0470. The monoisotopic (exact) mass is 342 g/mol. The first-order valence-corrected chi connectivity index (χ1v) is 8.55. The number of fused-ring (bicyclic) bond motifs is 1. The molecule has 0 aliphatic carbocycles. The van der Waals surface area contributed by atoms with Crippen molar-refractivity contribution in [3.05, 3.63) is 46.8 Å². The van der Waals surface area contributed by atoms with E-state index in [2.05, 4.69) is 47.6 Å². The molecule has 0 aliphatic heterocycles. The molecule has 0 spiro atoms. The van der Waals surface area contributed by atoms with Gasteiger partial charge in [-0.1, -0.05) is 24.3 Å². The number of nitrogens with one attached hydrogen (secondary N) is 1. The fourth-order valence-electron chi connectivity index (χ4n) is 2.72. The molecule has 4 nitrogen and oxygen atoms in total. The van der Waals surface area contributed by atoms with Gasteiger partial charge in [-0.05, 0) is 54.0 Å². The maximum absolute atomic E-state index is 5.79. The van der Waals surface area contributed by atoms with E-state index in [1.807, 2.05) is 12.3 Å². The lowest BCUT2D eigenvalue weighted by atomic mass is 9.95. The Bertz CT molecular complexity index is 885. The minimum absolute atomic E-state index is 0.0470. The molecule has 3 aromatic rings. The number of hydrogen-bond acceptors (Lipinski definition) is 4. The largest absolute Gasteiger partial charge is 0.376 e. The summed E-state index contributed by atoms with van der Waals surface area (Å²) in [5, 5.41) is 8.31. The zero-order chi connectivity index (χ0) is 16.6. The van der Waals surface area contributed by atoms with Crippen LogP contribution in [-0.2, 0) is 0 Å². The van der Waals surface area contributed by atoms with Gasteiger partial charge in [-0.3, -0.25) is 0 Å². The molecule has 1 unspecified atom stereocenters. The van der Waals surface area contributed by atoms with Crippen molar-refractivity contribution >= 4 is 44.6 Å². The molecule has 1 aromatic heterocycles. The first kappa shape index (κ1) is 15.7. The Morgan fingerprint density at radius 1 is 1.26 bits per heavy atom. The second-order valence-electron chi connectivity index (χ2n) is 5.54. The summed E-state index contributed by atoms with van der Waals surface area (Å²) in [6.45, 7) is 4.15. The number of nitrogens with two attached hydrogens (primary N) is 2. The lowest BCUT2D eigenvalue weighted by molar-refractivity contribution is 0.721. The van der Waals surface area contributed by atoms with E-state index in [4.69, 9.17) is 23.7 Å². The van der Waals surface area contributed by atoms with E-state index in [1.165, 1.54) is 22.3 Å². The Hall–Kier alpha value is -2.18. The number of aryl methyl sites for hydroxylation is 1. The second-order valence-corrected chi connectivity index (χ2v) is 6.87. The highest BCUT2D eigenvalue weighted by molar-refractivity contribution is 7.80. The first-order valence-electron chi connectivity index (χ1n) is 7.26. The predicted molar refractivity (Wildman–Crippen MR) is 103 cm³/mol. The molecule has 23 heavy (non-hydrogen) atoms. The molecule has 3 rings (SSSR count). The molecule has 118 valence electrons. The van der Waals surface area contributed by atoms with Crippen LogP contribution in [0.25, 0.3) is 22.0 Å². The number of thiocarbonyl (C=S) groups is 1. The van der Waals surface area contributed by atoms with Crippen LogP contribution in [0.4, 0.5) is 5.13 Å². The van der Waals surface area contributed by atoms with Crippen LogP contribution in [0.2, 0.25) is 0 Å². The van der Waals surface area contributed by atoms with E-state index in [9.17, 15) is 0 Å². The number of benzene rings is 2. The maximum Gasteiger partial charge on any atom is 0.180 e. The van der Waals surface area contributed by atoms with Gasteiger partial charge in [0, 0.05) is 10.9 Å². The van der Waals surface area contributed by atoms with E-state index in [1.54, 1.807) is 0 Å². The molecule has 6 heteroatoms. The van der Waals surface area contributed by atoms with Gasteiger partial charge in [0.05, 0.1) is 11.7 Å². The van der Waals surface area contributed by atoms with Gasteiger partial charge in [0.25, 0.3) is 0 Å². The topological polar surface area (TPSA) is 77.0 Å². The third kappa shape index (κ3) is 3.13. The van der Waals surface area contributed by atoms with Crippen molar-refractivity contribution in [3.63, 3.8) is 0 Å². The second kappa shape index (κ2) is 6.14. The fourth-order valence-corrected chi connectivity index (χ4v) is 3.46. The molecule has 2 aromatic carbocycles. The normalized spacial score (nSPS) is 12.3. The van der Waals surface area contributed by atoms with Crippen molar-refractivity contribution in [2.24, 2.45) is 5.73 Å². The summed E-state index contributed by atoms with van der Waals surface area (Å²) in [5.41, 5.74) is 15.7. The number of rotatable bonds is 3. The highest BCUT2D eigenvalue weighted by atomic mass is 32.1. The molecular weight excluding hydrogens is 324 g/mol. The van der Waals surface area contributed by atoms with Crippen molar-refractivity contribution in [1.29, 1.82) is 0 Å². The summed E-state index contributed by atoms with van der Waals surface area (Å²) < 4.78 is 0. The third-order valence-electron chi connectivity index (χ3n) is 3.92. The zero-order valence-electron chi connectivity index (χ0n) is 13.0. The summed E-state index contributed by atoms with van der Waals surface area (Å²) in [7, 11) is 0. The molecule has 0 saturated heterocycles. The lowest BCUT2D eigenvalue weighted by Crippen LogP contribution is -2.31. The molecule has 1 atom stereocenters. The van der Waals surface area contributed by atoms with Crippen LogP contribution >= 0.6 is 23.6 Å². The van der Waals surface area contributed by atoms with E-state index in [0.29, 0.717) is 10.2 Å². The quantitative estimate of drug-likeness (QED) is 0.632. The molecular formula is C17H18N4S2. The Balaban J connectivity index is 2.17. The van der Waals surface area contributed by atoms with Crippen molar-refractivity contribution in [2.45, 2.75) is 19.9 Å². The summed E-state index contributed by atoms with van der Waals surface area (Å²) in [6.07, 6.45) is 0. The van der Waals surface area contributed by atoms with Gasteiger partial charge in [-0.25, -0.2) is 4.98 Å². The van der Waals surface area contributed by atoms with Gasteiger partial charge < -0.3 is 16.8 Å². The lowest BCUT2D eigenvalue weighted by Gasteiger charge is -2.16. The van der Waals surface area contributed by atoms with E-state index in [-0.39, 0.29) is 6.04 Å². The van der Waals surface area contributed by atoms with Gasteiger partial charge in [-0.15, -0.1) is 11.3 Å². The molecule has 0 bridgehead atoms. The summed E-state index contributed by atoms with van der Waals surface area (Å²) in [5.74, 6) is 0. The number of nitrogens with zero attached hydrogens (tertiary/aromatic N) is 1. The highest BCUT2D eigenvalue weighted by Gasteiger charge is 2.12. The minimum Gasteiger partial charge on any atom is -0.376 e. The number of anilines is 1. The van der Waals surface area contributed by atoms with Crippen LogP contribution in [0.15, 0.2) is 35.7 Å². The zero-order valence-corrected chi connectivity index (χ0v) is 14.6. The number of aromatic nitrogens is 1. The number of hydrogen-bond donors (Lipinski definition) is 3. The Kier molecular flexibility index (Phi) is 4.19. The maximum atomic E-state index is 5.79.